The maximum Gasteiger partial charge on any atom is 0.161 e. The first-order valence-corrected chi connectivity index (χ1v) is 7.05. The molecule has 0 atom stereocenters. The molecule has 104 valence electrons. The lowest BCUT2D eigenvalue weighted by Crippen LogP contribution is -2.19. The van der Waals surface area contributed by atoms with Gasteiger partial charge in [0, 0.05) is 18.8 Å². The summed E-state index contributed by atoms with van der Waals surface area (Å²) in [7, 11) is 0. The molecule has 0 aromatic heterocycles. The van der Waals surface area contributed by atoms with Crippen molar-refractivity contribution >= 4 is 5.69 Å². The Morgan fingerprint density at radius 2 is 2.05 bits per heavy atom. The predicted octanol–water partition coefficient (Wildman–Crippen LogP) is 3.35. The second kappa shape index (κ2) is 5.45. The molecule has 1 N–H and O–H groups in total. The van der Waals surface area contributed by atoms with E-state index >= 15 is 0 Å². The fourth-order valence-electron chi connectivity index (χ4n) is 2.72. The van der Waals surface area contributed by atoms with Crippen LogP contribution in [0.2, 0.25) is 0 Å². The van der Waals surface area contributed by atoms with Gasteiger partial charge < -0.3 is 14.7 Å². The molecule has 2 aromatic rings. The molecule has 0 spiro atoms. The number of benzene rings is 2. The van der Waals surface area contributed by atoms with Crippen LogP contribution in [0.3, 0.4) is 0 Å². The number of ether oxygens (including phenoxy) is 1. The Morgan fingerprint density at radius 3 is 2.90 bits per heavy atom. The zero-order valence-corrected chi connectivity index (χ0v) is 11.7. The lowest BCUT2D eigenvalue weighted by molar-refractivity contribution is 0.317. The van der Waals surface area contributed by atoms with Crippen molar-refractivity contribution in [3.63, 3.8) is 0 Å². The zero-order chi connectivity index (χ0) is 13.9. The van der Waals surface area contributed by atoms with Crippen molar-refractivity contribution < 1.29 is 9.84 Å². The Balaban J connectivity index is 1.81. The average Bonchev–Trinajstić information content (AvgIpc) is 2.86. The van der Waals surface area contributed by atoms with E-state index in [-0.39, 0.29) is 5.75 Å². The number of nitrogens with zero attached hydrogens (tertiary/aromatic N) is 1. The molecule has 1 heterocycles. The van der Waals surface area contributed by atoms with Gasteiger partial charge in [-0.15, -0.1) is 0 Å². The van der Waals surface area contributed by atoms with Crippen molar-refractivity contribution in [3.05, 3.63) is 53.6 Å². The maximum atomic E-state index is 9.75. The largest absolute Gasteiger partial charge is 0.504 e. The van der Waals surface area contributed by atoms with E-state index in [0.29, 0.717) is 12.4 Å². The molecular weight excluding hydrogens is 250 g/mol. The van der Waals surface area contributed by atoms with Crippen LogP contribution in [0, 0.1) is 0 Å². The molecule has 0 fully saturated rings. The van der Waals surface area contributed by atoms with E-state index in [1.165, 1.54) is 11.3 Å². The smallest absolute Gasteiger partial charge is 0.161 e. The SMILES string of the molecule is CCOc1cc(CN2CCc3ccccc32)ccc1O. The van der Waals surface area contributed by atoms with Gasteiger partial charge in [0.15, 0.2) is 11.5 Å². The number of para-hydroxylation sites is 1. The highest BCUT2D eigenvalue weighted by Crippen LogP contribution is 2.31. The molecule has 0 amide bonds. The molecule has 0 saturated heterocycles. The van der Waals surface area contributed by atoms with E-state index in [2.05, 4.69) is 29.2 Å². The Hall–Kier alpha value is -2.16. The van der Waals surface area contributed by atoms with E-state index in [1.54, 1.807) is 6.07 Å². The molecule has 3 nitrogen and oxygen atoms in total. The summed E-state index contributed by atoms with van der Waals surface area (Å²) >= 11 is 0. The molecular formula is C17H19NO2. The molecule has 0 aliphatic carbocycles. The minimum absolute atomic E-state index is 0.206. The average molecular weight is 269 g/mol. The van der Waals surface area contributed by atoms with Crippen LogP contribution >= 0.6 is 0 Å². The van der Waals surface area contributed by atoms with E-state index in [1.807, 2.05) is 19.1 Å². The van der Waals surface area contributed by atoms with Gasteiger partial charge in [0.25, 0.3) is 0 Å². The first kappa shape index (κ1) is 12.9. The van der Waals surface area contributed by atoms with Gasteiger partial charge in [0.05, 0.1) is 6.61 Å². The third-order valence-corrected chi connectivity index (χ3v) is 3.68. The highest BCUT2D eigenvalue weighted by Gasteiger charge is 2.18. The fourth-order valence-corrected chi connectivity index (χ4v) is 2.72. The van der Waals surface area contributed by atoms with Crippen molar-refractivity contribution in [1.29, 1.82) is 0 Å². The van der Waals surface area contributed by atoms with Crippen molar-refractivity contribution in [2.24, 2.45) is 0 Å². The molecule has 2 aromatic carbocycles. The maximum absolute atomic E-state index is 9.75. The van der Waals surface area contributed by atoms with Crippen LogP contribution in [0.25, 0.3) is 0 Å². The first-order valence-electron chi connectivity index (χ1n) is 7.05. The van der Waals surface area contributed by atoms with Gasteiger partial charge >= 0.3 is 0 Å². The first-order chi connectivity index (χ1) is 9.78. The summed E-state index contributed by atoms with van der Waals surface area (Å²) in [6.45, 7) is 4.37. The second-order valence-corrected chi connectivity index (χ2v) is 5.04. The Labute approximate surface area is 119 Å². The zero-order valence-electron chi connectivity index (χ0n) is 11.7. The Kier molecular flexibility index (Phi) is 3.50. The third kappa shape index (κ3) is 2.44. The molecule has 1 aliphatic rings. The van der Waals surface area contributed by atoms with Gasteiger partial charge in [0.1, 0.15) is 0 Å². The number of aromatic hydroxyl groups is 1. The topological polar surface area (TPSA) is 32.7 Å². The van der Waals surface area contributed by atoms with Gasteiger partial charge in [-0.05, 0) is 42.7 Å². The van der Waals surface area contributed by atoms with Crippen LogP contribution in [-0.4, -0.2) is 18.3 Å². The summed E-state index contributed by atoms with van der Waals surface area (Å²) in [5, 5.41) is 9.75. The molecule has 0 unspecified atom stereocenters. The standard InChI is InChI=1S/C17H19NO2/c1-2-20-17-11-13(7-8-16(17)19)12-18-10-9-14-5-3-4-6-15(14)18/h3-8,11,19H,2,9-10,12H2,1H3. The van der Waals surface area contributed by atoms with Crippen LogP contribution in [-0.2, 0) is 13.0 Å². The Bertz CT molecular complexity index is 610. The van der Waals surface area contributed by atoms with Gasteiger partial charge in [-0.25, -0.2) is 0 Å². The summed E-state index contributed by atoms with van der Waals surface area (Å²) < 4.78 is 5.44. The normalized spacial score (nSPS) is 13.3. The molecule has 0 radical (unpaired) electrons. The Morgan fingerprint density at radius 1 is 1.20 bits per heavy atom. The number of phenolic OH excluding ortho intramolecular Hbond substituents is 1. The third-order valence-electron chi connectivity index (χ3n) is 3.68. The van der Waals surface area contributed by atoms with E-state index in [0.717, 1.165) is 25.1 Å². The van der Waals surface area contributed by atoms with E-state index < -0.39 is 0 Å². The number of fused-ring (bicyclic) bond motifs is 1. The second-order valence-electron chi connectivity index (χ2n) is 5.04. The van der Waals surface area contributed by atoms with Crippen LogP contribution in [0.1, 0.15) is 18.1 Å². The number of phenols is 1. The van der Waals surface area contributed by atoms with Crippen molar-refractivity contribution in [3.8, 4) is 11.5 Å². The minimum Gasteiger partial charge on any atom is -0.504 e. The summed E-state index contributed by atoms with van der Waals surface area (Å²) in [6, 6.07) is 14.1. The van der Waals surface area contributed by atoms with Crippen LogP contribution in [0.5, 0.6) is 11.5 Å². The molecule has 1 aliphatic heterocycles. The van der Waals surface area contributed by atoms with Crippen LogP contribution < -0.4 is 9.64 Å². The van der Waals surface area contributed by atoms with E-state index in [4.69, 9.17) is 4.74 Å². The lowest BCUT2D eigenvalue weighted by Gasteiger charge is -2.20. The summed E-state index contributed by atoms with van der Waals surface area (Å²) in [5.74, 6) is 0.773. The molecule has 0 bridgehead atoms. The van der Waals surface area contributed by atoms with Crippen molar-refractivity contribution in [2.75, 3.05) is 18.1 Å². The van der Waals surface area contributed by atoms with Crippen LogP contribution in [0.15, 0.2) is 42.5 Å². The predicted molar refractivity (Wildman–Crippen MR) is 80.5 cm³/mol. The van der Waals surface area contributed by atoms with Crippen molar-refractivity contribution in [2.45, 2.75) is 19.9 Å². The van der Waals surface area contributed by atoms with Gasteiger partial charge in [-0.2, -0.15) is 0 Å². The number of anilines is 1. The quantitative estimate of drug-likeness (QED) is 0.924. The number of hydrogen-bond acceptors (Lipinski definition) is 3. The molecule has 3 heteroatoms. The number of rotatable bonds is 4. The highest BCUT2D eigenvalue weighted by molar-refractivity contribution is 5.58. The fraction of sp³-hybridized carbons (Fsp3) is 0.294. The van der Waals surface area contributed by atoms with E-state index in [9.17, 15) is 5.11 Å². The summed E-state index contributed by atoms with van der Waals surface area (Å²) in [6.07, 6.45) is 1.10. The monoisotopic (exact) mass is 269 g/mol. The minimum atomic E-state index is 0.206. The van der Waals surface area contributed by atoms with Gasteiger partial charge in [-0.1, -0.05) is 24.3 Å². The summed E-state index contributed by atoms with van der Waals surface area (Å²) in [5.41, 5.74) is 3.89. The van der Waals surface area contributed by atoms with Crippen molar-refractivity contribution in [1.82, 2.24) is 0 Å². The molecule has 20 heavy (non-hydrogen) atoms. The van der Waals surface area contributed by atoms with Gasteiger partial charge in [0.2, 0.25) is 0 Å². The summed E-state index contributed by atoms with van der Waals surface area (Å²) in [4.78, 5) is 2.37. The molecule has 3 rings (SSSR count). The number of hydrogen-bond donors (Lipinski definition) is 1. The van der Waals surface area contributed by atoms with Crippen LogP contribution in [0.4, 0.5) is 5.69 Å². The molecule has 0 saturated carbocycles. The highest BCUT2D eigenvalue weighted by atomic mass is 16.5. The van der Waals surface area contributed by atoms with Gasteiger partial charge in [-0.3, -0.25) is 0 Å². The lowest BCUT2D eigenvalue weighted by atomic mass is 10.1.